The van der Waals surface area contributed by atoms with Crippen LogP contribution in [0.1, 0.15) is 134 Å². The number of carbonyl (C=O) groups excluding carboxylic acids is 4. The zero-order valence-corrected chi connectivity index (χ0v) is 31.6. The number of benzene rings is 2. The molecule has 2 aromatic carbocycles. The number of anilines is 2. The van der Waals surface area contributed by atoms with Gasteiger partial charge in [0, 0.05) is 24.5 Å². The molecule has 0 aliphatic rings. The van der Waals surface area contributed by atoms with Gasteiger partial charge < -0.3 is 19.9 Å². The van der Waals surface area contributed by atoms with E-state index >= 15 is 0 Å². The van der Waals surface area contributed by atoms with Crippen LogP contribution in [0, 0.1) is 0 Å². The van der Waals surface area contributed by atoms with E-state index < -0.39 is 39.6 Å². The number of aromatic nitrogens is 2. The van der Waals surface area contributed by atoms with Crippen LogP contribution >= 0.6 is 0 Å². The Morgan fingerprint density at radius 3 is 1.96 bits per heavy atom. The maximum atomic E-state index is 13.7. The Labute approximate surface area is 308 Å². The number of nitrogens with zero attached hydrogens (tertiary/aromatic N) is 2. The van der Waals surface area contributed by atoms with Gasteiger partial charge in [-0.25, -0.2) is 18.1 Å². The van der Waals surface area contributed by atoms with Crippen molar-refractivity contribution in [1.29, 1.82) is 0 Å². The third-order valence-corrected chi connectivity index (χ3v) is 10.0. The molecule has 0 aliphatic heterocycles. The highest BCUT2D eigenvalue weighted by atomic mass is 32.2. The van der Waals surface area contributed by atoms with Crippen LogP contribution in [0.15, 0.2) is 65.8 Å². The molecule has 12 nitrogen and oxygen atoms in total. The maximum Gasteiger partial charge on any atom is 0.291 e. The molecule has 3 amide bonds. The molecule has 13 heteroatoms. The van der Waals surface area contributed by atoms with E-state index in [1.54, 1.807) is 30.3 Å². The zero-order chi connectivity index (χ0) is 37.8. The van der Waals surface area contributed by atoms with E-state index in [0.717, 1.165) is 30.3 Å². The number of carbonyl (C=O) groups is 4. The number of rotatable bonds is 25. The molecule has 0 aliphatic carbocycles. The SMILES string of the molecule is CCCCCCCCCCCCCCCCOc1ccc(S(=O)(=O)NC(=O)CC)cc1NC(=O)C(C(C)=O)n1ccnc1C(=O)Nc1ccccc1. The summed E-state index contributed by atoms with van der Waals surface area (Å²) in [6, 6.07) is 11.0. The number of hydrogen-bond donors (Lipinski definition) is 3. The van der Waals surface area contributed by atoms with Gasteiger partial charge in [-0.05, 0) is 43.7 Å². The van der Waals surface area contributed by atoms with E-state index in [1.807, 2.05) is 4.72 Å². The highest BCUT2D eigenvalue weighted by molar-refractivity contribution is 7.90. The highest BCUT2D eigenvalue weighted by Crippen LogP contribution is 2.30. The number of sulfonamides is 1. The van der Waals surface area contributed by atoms with E-state index in [1.165, 1.54) is 109 Å². The predicted molar refractivity (Wildman–Crippen MR) is 203 cm³/mol. The Morgan fingerprint density at radius 1 is 0.788 bits per heavy atom. The van der Waals surface area contributed by atoms with Crippen LogP contribution in [0.25, 0.3) is 0 Å². The van der Waals surface area contributed by atoms with Gasteiger partial charge in [0.05, 0.1) is 17.2 Å². The van der Waals surface area contributed by atoms with Crippen LogP contribution in [-0.4, -0.2) is 48.1 Å². The second kappa shape index (κ2) is 22.4. The monoisotopic (exact) mass is 737 g/mol. The lowest BCUT2D eigenvalue weighted by atomic mass is 10.0. The Balaban J connectivity index is 1.65. The minimum atomic E-state index is -4.27. The highest BCUT2D eigenvalue weighted by Gasteiger charge is 2.30. The van der Waals surface area contributed by atoms with Crippen LogP contribution in [-0.2, 0) is 24.4 Å². The average Bonchev–Trinajstić information content (AvgIpc) is 3.60. The molecule has 3 N–H and O–H groups in total. The molecule has 1 heterocycles. The first kappa shape index (κ1) is 41.9. The summed E-state index contributed by atoms with van der Waals surface area (Å²) in [4.78, 5) is 55.5. The summed E-state index contributed by atoms with van der Waals surface area (Å²) in [6.45, 7) is 5.29. The van der Waals surface area contributed by atoms with Crippen LogP contribution in [0.4, 0.5) is 11.4 Å². The fraction of sp³-hybridized carbons (Fsp3) is 0.513. The normalized spacial score (nSPS) is 11.8. The molecular weight excluding hydrogens is 683 g/mol. The topological polar surface area (TPSA) is 166 Å². The molecule has 1 aromatic heterocycles. The van der Waals surface area contributed by atoms with Gasteiger partial charge in [0.2, 0.25) is 5.91 Å². The van der Waals surface area contributed by atoms with Gasteiger partial charge in [-0.1, -0.05) is 116 Å². The largest absolute Gasteiger partial charge is 0.491 e. The first-order valence-corrected chi connectivity index (χ1v) is 20.1. The molecule has 0 saturated carbocycles. The summed E-state index contributed by atoms with van der Waals surface area (Å²) in [6.07, 6.45) is 19.6. The van der Waals surface area contributed by atoms with Gasteiger partial charge in [-0.15, -0.1) is 0 Å². The van der Waals surface area contributed by atoms with Gasteiger partial charge in [0.1, 0.15) is 5.75 Å². The second-order valence-corrected chi connectivity index (χ2v) is 14.6. The average molecular weight is 738 g/mol. The summed E-state index contributed by atoms with van der Waals surface area (Å²) in [5.41, 5.74) is 0.489. The number of ether oxygens (including phenoxy) is 1. The molecule has 0 radical (unpaired) electrons. The van der Waals surface area contributed by atoms with Crippen molar-refractivity contribution in [2.45, 2.75) is 128 Å². The number of imidazole rings is 1. The van der Waals surface area contributed by atoms with Gasteiger partial charge >= 0.3 is 0 Å². The molecule has 1 unspecified atom stereocenters. The molecule has 0 saturated heterocycles. The summed E-state index contributed by atoms with van der Waals surface area (Å²) < 4.78 is 35.1. The third-order valence-electron chi connectivity index (χ3n) is 8.66. The quantitative estimate of drug-likeness (QED) is 0.0582. The zero-order valence-electron chi connectivity index (χ0n) is 30.8. The molecule has 0 fully saturated rings. The smallest absolute Gasteiger partial charge is 0.291 e. The van der Waals surface area contributed by atoms with Crippen molar-refractivity contribution in [3.63, 3.8) is 0 Å². The van der Waals surface area contributed by atoms with Crippen molar-refractivity contribution < 1.29 is 32.3 Å². The maximum absolute atomic E-state index is 13.7. The number of para-hydroxylation sites is 1. The molecular formula is C39H55N5O7S. The number of ketones is 1. The number of unbranched alkanes of at least 4 members (excludes halogenated alkanes) is 13. The van der Waals surface area contributed by atoms with Crippen LogP contribution in [0.3, 0.4) is 0 Å². The molecule has 1 atom stereocenters. The summed E-state index contributed by atoms with van der Waals surface area (Å²) >= 11 is 0. The lowest BCUT2D eigenvalue weighted by Crippen LogP contribution is -2.34. The van der Waals surface area contributed by atoms with Crippen molar-refractivity contribution in [2.24, 2.45) is 0 Å². The molecule has 3 rings (SSSR count). The predicted octanol–water partition coefficient (Wildman–Crippen LogP) is 7.98. The number of amides is 3. The van der Waals surface area contributed by atoms with Crippen LogP contribution < -0.4 is 20.1 Å². The fourth-order valence-electron chi connectivity index (χ4n) is 5.77. The third kappa shape index (κ3) is 13.9. The molecule has 52 heavy (non-hydrogen) atoms. The standard InChI is InChI=1S/C39H55N5O7S/c1-4-6-7-8-9-10-11-12-13-14-15-16-17-21-28-51-34-25-24-32(52(49,50)43-35(46)5-2)29-33(34)42-38(47)36(30(3)45)44-27-26-40-37(44)39(48)41-31-22-19-18-20-23-31/h18-20,22-27,29,36H,4-17,21,28H2,1-3H3,(H,41,48)(H,42,47)(H,43,46). The van der Waals surface area contributed by atoms with E-state index in [4.69, 9.17) is 4.74 Å². The first-order valence-electron chi connectivity index (χ1n) is 18.6. The molecule has 0 spiro atoms. The first-order chi connectivity index (χ1) is 25.1. The van der Waals surface area contributed by atoms with Gasteiger partial charge in [-0.3, -0.25) is 19.2 Å². The van der Waals surface area contributed by atoms with Crippen LogP contribution in [0.2, 0.25) is 0 Å². The molecule has 3 aromatic rings. The Bertz CT molecular complexity index is 1690. The minimum absolute atomic E-state index is 0.0103. The Hall–Kier alpha value is -4.52. The van der Waals surface area contributed by atoms with Crippen LogP contribution in [0.5, 0.6) is 5.75 Å². The van der Waals surface area contributed by atoms with Crippen molar-refractivity contribution in [2.75, 3.05) is 17.2 Å². The summed E-state index contributed by atoms with van der Waals surface area (Å²) in [7, 11) is -4.27. The fourth-order valence-corrected chi connectivity index (χ4v) is 6.86. The van der Waals surface area contributed by atoms with Crippen molar-refractivity contribution in [3.05, 3.63) is 66.7 Å². The van der Waals surface area contributed by atoms with Gasteiger partial charge in [0.15, 0.2) is 17.6 Å². The van der Waals surface area contributed by atoms with E-state index in [-0.39, 0.29) is 28.6 Å². The summed E-state index contributed by atoms with van der Waals surface area (Å²) in [5.74, 6) is -2.74. The number of nitrogens with one attached hydrogen (secondary N) is 3. The number of Topliss-reactive ketones (excluding diaryl/α,β-unsaturated/α-hetero) is 1. The second-order valence-electron chi connectivity index (χ2n) is 13.0. The summed E-state index contributed by atoms with van der Waals surface area (Å²) in [5, 5.41) is 5.33. The van der Waals surface area contributed by atoms with E-state index in [2.05, 4.69) is 22.5 Å². The van der Waals surface area contributed by atoms with Crippen molar-refractivity contribution in [1.82, 2.24) is 14.3 Å². The number of hydrogen-bond acceptors (Lipinski definition) is 8. The van der Waals surface area contributed by atoms with E-state index in [9.17, 15) is 27.6 Å². The van der Waals surface area contributed by atoms with E-state index in [0.29, 0.717) is 12.3 Å². The van der Waals surface area contributed by atoms with Crippen molar-refractivity contribution in [3.8, 4) is 5.75 Å². The molecule has 0 bridgehead atoms. The Morgan fingerprint density at radius 2 is 1.38 bits per heavy atom. The minimum Gasteiger partial charge on any atom is -0.491 e. The Kier molecular flexibility index (Phi) is 18.1. The lowest BCUT2D eigenvalue weighted by Gasteiger charge is -2.20. The lowest BCUT2D eigenvalue weighted by molar-refractivity contribution is -0.129. The molecule has 284 valence electrons. The van der Waals surface area contributed by atoms with Crippen molar-refractivity contribution >= 4 is 44.9 Å². The van der Waals surface area contributed by atoms with Gasteiger partial charge in [-0.2, -0.15) is 0 Å². The van der Waals surface area contributed by atoms with Gasteiger partial charge in [0.25, 0.3) is 21.8 Å².